The number of anilines is 1. The summed E-state index contributed by atoms with van der Waals surface area (Å²) in [7, 11) is 0. The minimum Gasteiger partial charge on any atom is -0.491 e. The first kappa shape index (κ1) is 17.6. The molecule has 132 valence electrons. The number of nitrogens with one attached hydrogen (secondary N) is 1. The van der Waals surface area contributed by atoms with Crippen LogP contribution in [0.2, 0.25) is 0 Å². The van der Waals surface area contributed by atoms with Crippen LogP contribution in [0.3, 0.4) is 0 Å². The molecule has 25 heavy (non-hydrogen) atoms. The van der Waals surface area contributed by atoms with Gasteiger partial charge < -0.3 is 14.8 Å². The van der Waals surface area contributed by atoms with E-state index in [1.165, 1.54) is 24.7 Å². The minimum absolute atomic E-state index is 0.0347. The maximum atomic E-state index is 12.2. The predicted octanol–water partition coefficient (Wildman–Crippen LogP) is 4.15. The highest BCUT2D eigenvalue weighted by Gasteiger charge is 2.15. The normalized spacial score (nSPS) is 17.1. The number of Topliss-reactive ketones (excluding diaryl/α,β-unsaturated/α-hetero) is 1. The number of amides is 1. The first-order valence-corrected chi connectivity index (χ1v) is 9.20. The highest BCUT2D eigenvalue weighted by atomic mass is 32.1. The molecule has 2 heterocycles. The fourth-order valence-corrected chi connectivity index (χ4v) is 3.40. The summed E-state index contributed by atoms with van der Waals surface area (Å²) in [4.78, 5) is 24.6. The van der Waals surface area contributed by atoms with Gasteiger partial charge in [-0.2, -0.15) is 0 Å². The van der Waals surface area contributed by atoms with Gasteiger partial charge in [0.1, 0.15) is 12.4 Å². The number of benzene rings is 1. The van der Waals surface area contributed by atoms with Crippen molar-refractivity contribution >= 4 is 28.7 Å². The molecule has 1 fully saturated rings. The molecule has 0 aliphatic carbocycles. The predicted molar refractivity (Wildman–Crippen MR) is 97.8 cm³/mol. The van der Waals surface area contributed by atoms with Gasteiger partial charge in [0.25, 0.3) is 5.91 Å². The third-order valence-corrected chi connectivity index (χ3v) is 5.18. The zero-order valence-corrected chi connectivity index (χ0v) is 14.9. The Labute approximate surface area is 151 Å². The van der Waals surface area contributed by atoms with Crippen molar-refractivity contribution in [3.05, 3.63) is 46.2 Å². The molecule has 0 saturated carbocycles. The molecule has 3 rings (SSSR count). The number of thiophene rings is 1. The van der Waals surface area contributed by atoms with E-state index < -0.39 is 0 Å². The van der Waals surface area contributed by atoms with Crippen LogP contribution >= 0.6 is 11.3 Å². The summed E-state index contributed by atoms with van der Waals surface area (Å²) in [5.41, 5.74) is 0.684. The third kappa shape index (κ3) is 4.90. The molecule has 0 spiro atoms. The summed E-state index contributed by atoms with van der Waals surface area (Å²) in [5.74, 6) is 0.497. The molecule has 1 saturated heterocycles. The molecular formula is C19H21NO4S. The van der Waals surface area contributed by atoms with Crippen LogP contribution in [0.15, 0.2) is 36.4 Å². The number of hydrogen-bond acceptors (Lipinski definition) is 5. The summed E-state index contributed by atoms with van der Waals surface area (Å²) in [6.45, 7) is 2.85. The van der Waals surface area contributed by atoms with Gasteiger partial charge in [0.15, 0.2) is 5.78 Å². The Balaban J connectivity index is 1.52. The second-order valence-electron chi connectivity index (χ2n) is 6.00. The molecule has 1 atom stereocenters. The van der Waals surface area contributed by atoms with Gasteiger partial charge in [-0.1, -0.05) is 0 Å². The van der Waals surface area contributed by atoms with Crippen LogP contribution in [-0.2, 0) is 4.74 Å². The quantitative estimate of drug-likeness (QED) is 0.787. The van der Waals surface area contributed by atoms with Crippen molar-refractivity contribution in [1.29, 1.82) is 0 Å². The van der Waals surface area contributed by atoms with Gasteiger partial charge >= 0.3 is 0 Å². The van der Waals surface area contributed by atoms with E-state index in [1.54, 1.807) is 24.3 Å². The van der Waals surface area contributed by atoms with Crippen LogP contribution in [0.25, 0.3) is 0 Å². The van der Waals surface area contributed by atoms with E-state index in [2.05, 4.69) is 5.32 Å². The molecular weight excluding hydrogens is 338 g/mol. The van der Waals surface area contributed by atoms with E-state index in [1.807, 2.05) is 12.1 Å². The molecule has 6 heteroatoms. The summed E-state index contributed by atoms with van der Waals surface area (Å²) in [5, 5.41) is 2.82. The molecule has 1 amide bonds. The number of carbonyl (C=O) groups excluding carboxylic acids is 2. The van der Waals surface area contributed by atoms with Crippen molar-refractivity contribution in [2.45, 2.75) is 32.3 Å². The molecule has 1 aromatic heterocycles. The molecule has 0 bridgehead atoms. The van der Waals surface area contributed by atoms with Crippen molar-refractivity contribution in [2.75, 3.05) is 18.5 Å². The zero-order chi connectivity index (χ0) is 17.6. The van der Waals surface area contributed by atoms with Crippen molar-refractivity contribution < 1.29 is 19.1 Å². The molecule has 1 aromatic carbocycles. The summed E-state index contributed by atoms with van der Waals surface area (Å²) >= 11 is 1.20. The Morgan fingerprint density at radius 1 is 1.16 bits per heavy atom. The van der Waals surface area contributed by atoms with E-state index in [9.17, 15) is 9.59 Å². The Morgan fingerprint density at radius 2 is 1.92 bits per heavy atom. The highest BCUT2D eigenvalue weighted by molar-refractivity contribution is 7.16. The van der Waals surface area contributed by atoms with Gasteiger partial charge in [-0.3, -0.25) is 9.59 Å². The van der Waals surface area contributed by atoms with Crippen LogP contribution in [0.4, 0.5) is 5.69 Å². The number of ketones is 1. The fraction of sp³-hybridized carbons (Fsp3) is 0.368. The maximum Gasteiger partial charge on any atom is 0.265 e. The monoisotopic (exact) mass is 359 g/mol. The van der Waals surface area contributed by atoms with Gasteiger partial charge in [0.05, 0.1) is 15.9 Å². The van der Waals surface area contributed by atoms with Gasteiger partial charge in [-0.05, 0) is 62.6 Å². The molecule has 2 aromatic rings. The molecule has 1 aliphatic heterocycles. The lowest BCUT2D eigenvalue weighted by Crippen LogP contribution is -2.25. The lowest BCUT2D eigenvalue weighted by Gasteiger charge is -2.22. The zero-order valence-electron chi connectivity index (χ0n) is 14.1. The molecule has 5 nitrogen and oxygen atoms in total. The van der Waals surface area contributed by atoms with Gasteiger partial charge in [0, 0.05) is 12.3 Å². The summed E-state index contributed by atoms with van der Waals surface area (Å²) in [6, 6.07) is 10.6. The van der Waals surface area contributed by atoms with Gasteiger partial charge in [-0.15, -0.1) is 11.3 Å². The number of rotatable bonds is 6. The molecule has 0 radical (unpaired) electrons. The van der Waals surface area contributed by atoms with Crippen LogP contribution in [0, 0.1) is 0 Å². The van der Waals surface area contributed by atoms with E-state index >= 15 is 0 Å². The van der Waals surface area contributed by atoms with Crippen molar-refractivity contribution in [2.24, 2.45) is 0 Å². The Morgan fingerprint density at radius 3 is 2.56 bits per heavy atom. The first-order valence-electron chi connectivity index (χ1n) is 8.38. The van der Waals surface area contributed by atoms with E-state index in [-0.39, 0.29) is 17.8 Å². The smallest absolute Gasteiger partial charge is 0.265 e. The highest BCUT2D eigenvalue weighted by Crippen LogP contribution is 2.21. The number of ether oxygens (including phenoxy) is 2. The number of hydrogen-bond donors (Lipinski definition) is 1. The molecule has 1 unspecified atom stereocenters. The van der Waals surface area contributed by atoms with Crippen LogP contribution in [0.1, 0.15) is 45.5 Å². The van der Waals surface area contributed by atoms with Crippen molar-refractivity contribution in [3.63, 3.8) is 0 Å². The Kier molecular flexibility index (Phi) is 5.83. The first-order chi connectivity index (χ1) is 12.1. The van der Waals surface area contributed by atoms with Crippen LogP contribution in [0.5, 0.6) is 5.75 Å². The van der Waals surface area contributed by atoms with E-state index in [4.69, 9.17) is 9.47 Å². The van der Waals surface area contributed by atoms with E-state index in [0.29, 0.717) is 22.0 Å². The third-order valence-electron chi connectivity index (χ3n) is 4.00. The second-order valence-corrected chi connectivity index (χ2v) is 7.08. The van der Waals surface area contributed by atoms with Crippen molar-refractivity contribution in [3.8, 4) is 5.75 Å². The lowest BCUT2D eigenvalue weighted by atomic mass is 10.1. The largest absolute Gasteiger partial charge is 0.491 e. The van der Waals surface area contributed by atoms with Gasteiger partial charge in [-0.25, -0.2) is 0 Å². The van der Waals surface area contributed by atoms with E-state index in [0.717, 1.165) is 25.2 Å². The standard InChI is InChI=1S/C19H21NO4S/c1-13(21)17-9-10-18(25-17)19(22)20-14-5-7-15(8-6-14)24-12-16-4-2-3-11-23-16/h5-10,16H,2-4,11-12H2,1H3,(H,20,22). The Hall–Kier alpha value is -2.18. The molecule has 1 aliphatic rings. The van der Waals surface area contributed by atoms with Gasteiger partial charge in [0.2, 0.25) is 0 Å². The molecule has 1 N–H and O–H groups in total. The number of carbonyl (C=O) groups is 2. The summed E-state index contributed by atoms with van der Waals surface area (Å²) < 4.78 is 11.4. The second kappa shape index (κ2) is 8.27. The summed E-state index contributed by atoms with van der Waals surface area (Å²) in [6.07, 6.45) is 3.52. The lowest BCUT2D eigenvalue weighted by molar-refractivity contribution is -0.0110. The van der Waals surface area contributed by atoms with Crippen LogP contribution in [-0.4, -0.2) is 31.0 Å². The Bertz CT molecular complexity index is 732. The topological polar surface area (TPSA) is 64.6 Å². The average Bonchev–Trinajstić information content (AvgIpc) is 3.13. The SMILES string of the molecule is CC(=O)c1ccc(C(=O)Nc2ccc(OCC3CCCCO3)cc2)s1. The van der Waals surface area contributed by atoms with Crippen molar-refractivity contribution in [1.82, 2.24) is 0 Å². The van der Waals surface area contributed by atoms with Crippen LogP contribution < -0.4 is 10.1 Å². The average molecular weight is 359 g/mol. The maximum absolute atomic E-state index is 12.2. The fourth-order valence-electron chi connectivity index (χ4n) is 2.60. The minimum atomic E-state index is -0.221.